The molecule has 4 heteroatoms. The number of Topliss-reactive ketones (excluding diaryl/α,β-unsaturated/α-hetero) is 1. The first-order valence-electron chi connectivity index (χ1n) is 10.4. The highest BCUT2D eigenvalue weighted by Gasteiger charge is 2.30. The van der Waals surface area contributed by atoms with Crippen molar-refractivity contribution in [3.8, 4) is 5.75 Å². The van der Waals surface area contributed by atoms with Gasteiger partial charge in [-0.3, -0.25) is 9.69 Å². The molecule has 0 unspecified atom stereocenters. The molecule has 0 saturated carbocycles. The predicted octanol–water partition coefficient (Wildman–Crippen LogP) is 4.75. The highest BCUT2D eigenvalue weighted by Crippen LogP contribution is 2.35. The Morgan fingerprint density at radius 2 is 1.93 bits per heavy atom. The Kier molecular flexibility index (Phi) is 4.72. The van der Waals surface area contributed by atoms with Gasteiger partial charge in [0.25, 0.3) is 0 Å². The number of ketones is 1. The summed E-state index contributed by atoms with van der Waals surface area (Å²) in [6.07, 6.45) is 5.24. The molecule has 2 aliphatic rings. The summed E-state index contributed by atoms with van der Waals surface area (Å²) < 4.78 is 5.30. The maximum atomic E-state index is 13.0. The van der Waals surface area contributed by atoms with Gasteiger partial charge in [-0.2, -0.15) is 0 Å². The van der Waals surface area contributed by atoms with Crippen molar-refractivity contribution < 1.29 is 9.53 Å². The van der Waals surface area contributed by atoms with Gasteiger partial charge in [0.05, 0.1) is 12.8 Å². The van der Waals surface area contributed by atoms with Crippen LogP contribution in [0, 0.1) is 5.92 Å². The fourth-order valence-corrected chi connectivity index (χ4v) is 4.71. The van der Waals surface area contributed by atoms with Gasteiger partial charge in [-0.05, 0) is 55.1 Å². The molecule has 148 valence electrons. The molecule has 1 fully saturated rings. The van der Waals surface area contributed by atoms with Crippen LogP contribution in [0.25, 0.3) is 10.9 Å². The quantitative estimate of drug-likeness (QED) is 0.658. The summed E-state index contributed by atoms with van der Waals surface area (Å²) in [5.74, 6) is 1.47. The number of ether oxygens (including phenoxy) is 1. The van der Waals surface area contributed by atoms with E-state index in [9.17, 15) is 4.79 Å². The van der Waals surface area contributed by atoms with Crippen LogP contribution in [0.1, 0.15) is 34.5 Å². The van der Waals surface area contributed by atoms with Crippen molar-refractivity contribution in [2.75, 3.05) is 20.2 Å². The number of rotatable bonds is 4. The first-order chi connectivity index (χ1) is 14.2. The lowest BCUT2D eigenvalue weighted by Gasteiger charge is -2.30. The normalized spacial score (nSPS) is 19.2. The number of carbonyl (C=O) groups is 1. The maximum Gasteiger partial charge on any atom is 0.205 e. The topological polar surface area (TPSA) is 45.3 Å². The molecule has 3 aromatic rings. The number of aromatic nitrogens is 1. The molecule has 0 radical (unpaired) electrons. The van der Waals surface area contributed by atoms with Crippen LogP contribution in [-0.4, -0.2) is 35.9 Å². The zero-order valence-electron chi connectivity index (χ0n) is 16.8. The van der Waals surface area contributed by atoms with Crippen molar-refractivity contribution in [1.82, 2.24) is 9.88 Å². The Bertz CT molecular complexity index is 1070. The summed E-state index contributed by atoms with van der Waals surface area (Å²) in [7, 11) is 1.66. The van der Waals surface area contributed by atoms with E-state index in [-0.39, 0.29) is 5.78 Å². The lowest BCUT2D eigenvalue weighted by Crippen LogP contribution is -2.32. The van der Waals surface area contributed by atoms with Gasteiger partial charge in [0, 0.05) is 35.5 Å². The van der Waals surface area contributed by atoms with Crippen LogP contribution in [0.3, 0.4) is 0 Å². The van der Waals surface area contributed by atoms with Gasteiger partial charge in [0.2, 0.25) is 5.78 Å². The number of H-pyrrole nitrogens is 1. The molecule has 0 atom stereocenters. The lowest BCUT2D eigenvalue weighted by atomic mass is 9.93. The van der Waals surface area contributed by atoms with E-state index < -0.39 is 0 Å². The van der Waals surface area contributed by atoms with Gasteiger partial charge in [-0.1, -0.05) is 36.4 Å². The molecule has 2 aromatic carbocycles. The largest absolute Gasteiger partial charge is 0.497 e. The summed E-state index contributed by atoms with van der Waals surface area (Å²) in [4.78, 5) is 18.8. The van der Waals surface area contributed by atoms with Crippen molar-refractivity contribution in [3.63, 3.8) is 0 Å². The number of methoxy groups -OCH3 is 1. The minimum atomic E-state index is 0.168. The van der Waals surface area contributed by atoms with E-state index >= 15 is 0 Å². The Labute approximate surface area is 171 Å². The number of nitrogens with one attached hydrogen (secondary N) is 1. The third-order valence-electron chi connectivity index (χ3n) is 6.32. The minimum absolute atomic E-state index is 0.168. The molecular formula is C25H26N2O2. The molecule has 1 aliphatic carbocycles. The number of likely N-dealkylation sites (tertiary alicyclic amines) is 1. The molecule has 5 rings (SSSR count). The zero-order valence-corrected chi connectivity index (χ0v) is 16.8. The average Bonchev–Trinajstić information content (AvgIpc) is 3.26. The van der Waals surface area contributed by atoms with Crippen molar-refractivity contribution in [1.29, 1.82) is 0 Å². The average molecular weight is 386 g/mol. The third-order valence-corrected chi connectivity index (χ3v) is 6.32. The number of fused-ring (bicyclic) bond motifs is 3. The van der Waals surface area contributed by atoms with Crippen molar-refractivity contribution >= 4 is 16.7 Å². The summed E-state index contributed by atoms with van der Waals surface area (Å²) in [6.45, 7) is 3.19. The standard InChI is InChI=1S/C25H26N2O2/c1-29-20-7-8-21-22-14-19(25(28)24(22)26-23(21)15-20)13-17-9-11-27(12-10-17)16-18-5-3-2-4-6-18/h2-8,13,15,17,26H,9-12,14,16H2,1H3. The number of nitrogens with zero attached hydrogens (tertiary/aromatic N) is 1. The fourth-order valence-electron chi connectivity index (χ4n) is 4.71. The number of aromatic amines is 1. The van der Waals surface area contributed by atoms with E-state index in [0.29, 0.717) is 5.92 Å². The molecule has 2 heterocycles. The molecule has 4 nitrogen and oxygen atoms in total. The van der Waals surface area contributed by atoms with Crippen molar-refractivity contribution in [2.45, 2.75) is 25.8 Å². The van der Waals surface area contributed by atoms with E-state index in [1.54, 1.807) is 7.11 Å². The fraction of sp³-hybridized carbons (Fsp3) is 0.320. The molecule has 1 saturated heterocycles. The lowest BCUT2D eigenvalue weighted by molar-refractivity contribution is 0.103. The number of hydrogen-bond donors (Lipinski definition) is 1. The second kappa shape index (κ2) is 7.53. The monoisotopic (exact) mass is 386 g/mol. The van der Waals surface area contributed by atoms with Crippen molar-refractivity contribution in [3.05, 3.63) is 77.0 Å². The Morgan fingerprint density at radius 1 is 1.14 bits per heavy atom. The number of hydrogen-bond acceptors (Lipinski definition) is 3. The molecule has 1 aliphatic heterocycles. The van der Waals surface area contributed by atoms with Crippen LogP contribution < -0.4 is 4.74 Å². The predicted molar refractivity (Wildman–Crippen MR) is 115 cm³/mol. The van der Waals surface area contributed by atoms with Crippen LogP contribution in [0.15, 0.2) is 60.2 Å². The molecule has 0 amide bonds. The van der Waals surface area contributed by atoms with Gasteiger partial charge in [0.1, 0.15) is 5.75 Å². The SMILES string of the molecule is COc1ccc2c3c([nH]c2c1)C(=O)C(=CC1CCN(Cc2ccccc2)CC1)C3. The highest BCUT2D eigenvalue weighted by molar-refractivity contribution is 6.15. The number of piperidine rings is 1. The number of carbonyl (C=O) groups excluding carboxylic acids is 1. The number of benzene rings is 2. The highest BCUT2D eigenvalue weighted by atomic mass is 16.5. The van der Waals surface area contributed by atoms with Gasteiger partial charge in [0.15, 0.2) is 0 Å². The van der Waals surface area contributed by atoms with E-state index in [1.807, 2.05) is 12.1 Å². The Hall–Kier alpha value is -2.85. The first-order valence-corrected chi connectivity index (χ1v) is 10.4. The summed E-state index contributed by atoms with van der Waals surface area (Å²) in [6, 6.07) is 16.6. The molecular weight excluding hydrogens is 360 g/mol. The third kappa shape index (κ3) is 3.49. The minimum Gasteiger partial charge on any atom is -0.497 e. The van der Waals surface area contributed by atoms with Crippen LogP contribution in [0.5, 0.6) is 5.75 Å². The summed E-state index contributed by atoms with van der Waals surface area (Å²) >= 11 is 0. The summed E-state index contributed by atoms with van der Waals surface area (Å²) in [5, 5.41) is 1.13. The molecule has 1 N–H and O–H groups in total. The second-order valence-electron chi connectivity index (χ2n) is 8.19. The molecule has 0 bridgehead atoms. The van der Waals surface area contributed by atoms with E-state index in [4.69, 9.17) is 4.74 Å². The van der Waals surface area contributed by atoms with Gasteiger partial charge in [-0.25, -0.2) is 0 Å². The van der Waals surface area contributed by atoms with Crippen LogP contribution in [0.4, 0.5) is 0 Å². The second-order valence-corrected chi connectivity index (χ2v) is 8.19. The molecule has 29 heavy (non-hydrogen) atoms. The van der Waals surface area contributed by atoms with Gasteiger partial charge >= 0.3 is 0 Å². The Morgan fingerprint density at radius 3 is 2.69 bits per heavy atom. The van der Waals surface area contributed by atoms with E-state index in [1.165, 1.54) is 5.56 Å². The van der Waals surface area contributed by atoms with Crippen molar-refractivity contribution in [2.24, 2.45) is 5.92 Å². The van der Waals surface area contributed by atoms with Gasteiger partial charge in [-0.15, -0.1) is 0 Å². The summed E-state index contributed by atoms with van der Waals surface area (Å²) in [5.41, 5.74) is 5.22. The van der Waals surface area contributed by atoms with Gasteiger partial charge < -0.3 is 9.72 Å². The first kappa shape index (κ1) is 18.2. The zero-order chi connectivity index (χ0) is 19.8. The Balaban J connectivity index is 1.26. The van der Waals surface area contributed by atoms with E-state index in [0.717, 1.165) is 72.4 Å². The van der Waals surface area contributed by atoms with Crippen LogP contribution >= 0.6 is 0 Å². The number of allylic oxidation sites excluding steroid dienone is 2. The smallest absolute Gasteiger partial charge is 0.205 e. The maximum absolute atomic E-state index is 13.0. The molecule has 1 aromatic heterocycles. The van der Waals surface area contributed by atoms with E-state index in [2.05, 4.69) is 52.4 Å². The molecule has 0 spiro atoms. The van der Waals surface area contributed by atoms with Crippen LogP contribution in [-0.2, 0) is 13.0 Å². The van der Waals surface area contributed by atoms with Crippen LogP contribution in [0.2, 0.25) is 0 Å².